The van der Waals surface area contributed by atoms with Gasteiger partial charge in [0.1, 0.15) is 6.10 Å². The van der Waals surface area contributed by atoms with E-state index in [1.165, 1.54) is 0 Å². The summed E-state index contributed by atoms with van der Waals surface area (Å²) in [5.74, 6) is 0.114. The molecule has 0 amide bonds. The lowest BCUT2D eigenvalue weighted by Gasteiger charge is -2.01. The largest absolute Gasteiger partial charge is 0.352 e. The molecule has 1 aliphatic carbocycles. The molecule has 1 heterocycles. The predicted molar refractivity (Wildman–Crippen MR) is 72.5 cm³/mol. The van der Waals surface area contributed by atoms with Crippen LogP contribution in [-0.4, -0.2) is 11.4 Å². The Morgan fingerprint density at radius 2 is 1.84 bits per heavy atom. The van der Waals surface area contributed by atoms with E-state index in [1.54, 1.807) is 0 Å². The molecule has 0 bridgehead atoms. The Kier molecular flexibility index (Phi) is 2.17. The average Bonchev–Trinajstić information content (AvgIpc) is 3.07. The maximum Gasteiger partial charge on any atom is 0.198 e. The molecule has 1 fully saturated rings. The lowest BCUT2D eigenvalue weighted by atomic mass is 9.96. The topological polar surface area (TPSA) is 29.6 Å². The Labute approximate surface area is 116 Å². The first-order chi connectivity index (χ1) is 9.21. The molecule has 1 aliphatic heterocycles. The number of hydrogen-bond donors (Lipinski definition) is 0. The van der Waals surface area contributed by atoms with Gasteiger partial charge >= 0.3 is 0 Å². The van der Waals surface area contributed by atoms with Gasteiger partial charge in [0.15, 0.2) is 11.4 Å². The molecule has 2 atom stereocenters. The summed E-state index contributed by atoms with van der Waals surface area (Å²) in [7, 11) is 0. The Morgan fingerprint density at radius 1 is 1.11 bits per heavy atom. The van der Waals surface area contributed by atoms with Crippen molar-refractivity contribution in [3.63, 3.8) is 0 Å². The van der Waals surface area contributed by atoms with E-state index in [0.717, 1.165) is 16.7 Å². The zero-order chi connectivity index (χ0) is 13.0. The summed E-state index contributed by atoms with van der Waals surface area (Å²) in [5, 5.41) is 0.694. The van der Waals surface area contributed by atoms with Gasteiger partial charge in [-0.1, -0.05) is 48.0 Å². The van der Waals surface area contributed by atoms with E-state index in [9.17, 15) is 4.79 Å². The smallest absolute Gasteiger partial charge is 0.198 e. The van der Waals surface area contributed by atoms with Crippen molar-refractivity contribution >= 4 is 17.4 Å². The van der Waals surface area contributed by atoms with E-state index in [-0.39, 0.29) is 11.9 Å². The van der Waals surface area contributed by atoms with Crippen molar-refractivity contribution in [2.75, 3.05) is 0 Å². The number of ketones is 1. The van der Waals surface area contributed by atoms with Gasteiger partial charge in [-0.25, -0.2) is 0 Å². The number of rotatable bonds is 1. The Bertz CT molecular complexity index is 677. The second-order valence-electron chi connectivity index (χ2n) is 5.10. The third-order valence-electron chi connectivity index (χ3n) is 3.97. The van der Waals surface area contributed by atoms with Gasteiger partial charge in [0.25, 0.3) is 0 Å². The van der Waals surface area contributed by atoms with Crippen molar-refractivity contribution < 1.29 is 9.53 Å². The molecule has 2 aliphatic rings. The van der Waals surface area contributed by atoms with E-state index >= 15 is 0 Å². The fourth-order valence-corrected chi connectivity index (χ4v) is 3.07. The molecular weight excluding hydrogens is 260 g/mol. The average molecular weight is 271 g/mol. The molecule has 19 heavy (non-hydrogen) atoms. The predicted octanol–water partition coefficient (Wildman–Crippen LogP) is 3.59. The second kappa shape index (κ2) is 3.69. The SMILES string of the molecule is O=C1c2ccccc2CC12OC2c1ccc(Cl)cc1. The molecule has 2 unspecified atom stereocenters. The molecule has 2 nitrogen and oxygen atoms in total. The summed E-state index contributed by atoms with van der Waals surface area (Å²) in [6.07, 6.45) is 0.541. The third kappa shape index (κ3) is 1.50. The normalized spacial score (nSPS) is 27.6. The van der Waals surface area contributed by atoms with Gasteiger partial charge < -0.3 is 4.74 Å². The van der Waals surface area contributed by atoms with Crippen LogP contribution in [0.1, 0.15) is 27.6 Å². The van der Waals surface area contributed by atoms with Crippen molar-refractivity contribution in [3.8, 4) is 0 Å². The first kappa shape index (κ1) is 11.2. The number of ether oxygens (including phenoxy) is 1. The van der Waals surface area contributed by atoms with E-state index < -0.39 is 5.60 Å². The maximum atomic E-state index is 12.5. The highest BCUT2D eigenvalue weighted by Gasteiger charge is 2.65. The second-order valence-corrected chi connectivity index (χ2v) is 5.54. The number of Topliss-reactive ketones (excluding diaryl/α,β-unsaturated/α-hetero) is 1. The third-order valence-corrected chi connectivity index (χ3v) is 4.22. The summed E-state index contributed by atoms with van der Waals surface area (Å²) >= 11 is 5.88. The fourth-order valence-electron chi connectivity index (χ4n) is 2.95. The zero-order valence-corrected chi connectivity index (χ0v) is 10.9. The lowest BCUT2D eigenvalue weighted by molar-refractivity contribution is 0.0894. The minimum atomic E-state index is -0.655. The van der Waals surface area contributed by atoms with Gasteiger partial charge in [0.05, 0.1) is 0 Å². The molecule has 94 valence electrons. The van der Waals surface area contributed by atoms with Crippen LogP contribution in [0.2, 0.25) is 5.02 Å². The Hall–Kier alpha value is -1.64. The van der Waals surface area contributed by atoms with Gasteiger partial charge in [0, 0.05) is 17.0 Å². The maximum absolute atomic E-state index is 12.5. The van der Waals surface area contributed by atoms with E-state index in [1.807, 2.05) is 48.5 Å². The first-order valence-corrected chi connectivity index (χ1v) is 6.64. The molecular formula is C16H11ClO2. The van der Waals surface area contributed by atoms with Crippen molar-refractivity contribution in [2.24, 2.45) is 0 Å². The molecule has 0 aromatic heterocycles. The molecule has 2 aromatic carbocycles. The van der Waals surface area contributed by atoms with Crippen LogP contribution in [0.15, 0.2) is 48.5 Å². The highest BCUT2D eigenvalue weighted by Crippen LogP contribution is 2.56. The van der Waals surface area contributed by atoms with Crippen LogP contribution in [0.25, 0.3) is 0 Å². The van der Waals surface area contributed by atoms with E-state index in [2.05, 4.69) is 0 Å². The molecule has 4 rings (SSSR count). The standard InChI is InChI=1S/C16H11ClO2/c17-12-7-5-10(6-8-12)15-16(19-15)9-11-3-1-2-4-13(11)14(16)18/h1-8,15H,9H2. The lowest BCUT2D eigenvalue weighted by Crippen LogP contribution is -2.20. The number of fused-ring (bicyclic) bond motifs is 1. The molecule has 3 heteroatoms. The number of carbonyl (C=O) groups is 1. The minimum absolute atomic E-state index is 0.114. The molecule has 1 spiro atoms. The van der Waals surface area contributed by atoms with Crippen molar-refractivity contribution in [2.45, 2.75) is 18.1 Å². The van der Waals surface area contributed by atoms with Gasteiger partial charge in [-0.2, -0.15) is 0 Å². The monoisotopic (exact) mass is 270 g/mol. The summed E-state index contributed by atoms with van der Waals surface area (Å²) in [5.41, 5.74) is 2.26. The van der Waals surface area contributed by atoms with Crippen molar-refractivity contribution in [3.05, 3.63) is 70.2 Å². The van der Waals surface area contributed by atoms with Crippen LogP contribution in [0, 0.1) is 0 Å². The first-order valence-electron chi connectivity index (χ1n) is 6.27. The van der Waals surface area contributed by atoms with Crippen LogP contribution in [-0.2, 0) is 11.2 Å². The molecule has 0 radical (unpaired) electrons. The van der Waals surface area contributed by atoms with E-state index in [4.69, 9.17) is 16.3 Å². The Morgan fingerprint density at radius 3 is 2.58 bits per heavy atom. The minimum Gasteiger partial charge on any atom is -0.352 e. The summed E-state index contributed by atoms with van der Waals surface area (Å²) in [6.45, 7) is 0. The highest BCUT2D eigenvalue weighted by atomic mass is 35.5. The van der Waals surface area contributed by atoms with Crippen LogP contribution in [0.5, 0.6) is 0 Å². The number of halogens is 1. The number of hydrogen-bond acceptors (Lipinski definition) is 2. The number of carbonyl (C=O) groups excluding carboxylic acids is 1. The van der Waals surface area contributed by atoms with Gasteiger partial charge in [-0.3, -0.25) is 4.79 Å². The van der Waals surface area contributed by atoms with Crippen LogP contribution in [0.3, 0.4) is 0 Å². The number of benzene rings is 2. The van der Waals surface area contributed by atoms with Crippen molar-refractivity contribution in [1.82, 2.24) is 0 Å². The van der Waals surface area contributed by atoms with E-state index in [0.29, 0.717) is 11.4 Å². The number of epoxide rings is 1. The summed E-state index contributed by atoms with van der Waals surface area (Å²) in [6, 6.07) is 15.3. The van der Waals surface area contributed by atoms with Crippen molar-refractivity contribution in [1.29, 1.82) is 0 Å². The fraction of sp³-hybridized carbons (Fsp3) is 0.188. The molecule has 0 saturated carbocycles. The zero-order valence-electron chi connectivity index (χ0n) is 10.1. The quantitative estimate of drug-likeness (QED) is 0.741. The van der Waals surface area contributed by atoms with Crippen LogP contribution in [0.4, 0.5) is 0 Å². The molecule has 0 N–H and O–H groups in total. The molecule has 1 saturated heterocycles. The Balaban J connectivity index is 1.70. The summed E-state index contributed by atoms with van der Waals surface area (Å²) < 4.78 is 5.79. The highest BCUT2D eigenvalue weighted by molar-refractivity contribution is 6.30. The van der Waals surface area contributed by atoms with Gasteiger partial charge in [-0.05, 0) is 23.3 Å². The van der Waals surface area contributed by atoms with Crippen LogP contribution < -0.4 is 0 Å². The van der Waals surface area contributed by atoms with Gasteiger partial charge in [0.2, 0.25) is 0 Å². The van der Waals surface area contributed by atoms with Crippen LogP contribution >= 0.6 is 11.6 Å². The molecule has 2 aromatic rings. The van der Waals surface area contributed by atoms with Gasteiger partial charge in [-0.15, -0.1) is 0 Å². The summed E-state index contributed by atoms with van der Waals surface area (Å²) in [4.78, 5) is 12.5.